The Bertz CT molecular complexity index is 754. The summed E-state index contributed by atoms with van der Waals surface area (Å²) >= 11 is 0.917. The average Bonchev–Trinajstić information content (AvgIpc) is 2.83. The Morgan fingerprint density at radius 2 is 2.00 bits per heavy atom. The van der Waals surface area contributed by atoms with Crippen molar-refractivity contribution in [3.8, 4) is 0 Å². The van der Waals surface area contributed by atoms with Gasteiger partial charge in [-0.25, -0.2) is 13.2 Å². The van der Waals surface area contributed by atoms with Crippen LogP contribution in [0.15, 0.2) is 34.8 Å². The molecule has 0 saturated heterocycles. The van der Waals surface area contributed by atoms with Crippen molar-refractivity contribution < 1.29 is 18.3 Å². The van der Waals surface area contributed by atoms with Crippen molar-refractivity contribution >= 4 is 33.0 Å². The fourth-order valence-corrected chi connectivity index (χ4v) is 5.08. The number of carboxylic acids is 1. The minimum absolute atomic E-state index is 0.140. The van der Waals surface area contributed by atoms with E-state index >= 15 is 0 Å². The standard InChI is InChI=1S/C13H14N2O4S2/c1-3-15(10-4-6-14-7-5-10)21(18,19)12-9(2)8-20-11(12)13(16)17/h4-8H,3H2,1-2H3,(H,16,17). The summed E-state index contributed by atoms with van der Waals surface area (Å²) in [6, 6.07) is 3.15. The topological polar surface area (TPSA) is 87.6 Å². The quantitative estimate of drug-likeness (QED) is 0.911. The van der Waals surface area contributed by atoms with Crippen molar-refractivity contribution in [2.24, 2.45) is 0 Å². The molecule has 0 radical (unpaired) electrons. The lowest BCUT2D eigenvalue weighted by molar-refractivity contribution is 0.0698. The predicted molar refractivity (Wildman–Crippen MR) is 80.5 cm³/mol. The van der Waals surface area contributed by atoms with Crippen LogP contribution in [0, 0.1) is 6.92 Å². The fourth-order valence-electron chi connectivity index (χ4n) is 2.01. The van der Waals surface area contributed by atoms with Gasteiger partial charge in [-0.3, -0.25) is 9.29 Å². The number of aromatic nitrogens is 1. The lowest BCUT2D eigenvalue weighted by atomic mass is 10.3. The summed E-state index contributed by atoms with van der Waals surface area (Å²) in [5, 5.41) is 10.7. The number of hydrogen-bond donors (Lipinski definition) is 1. The Morgan fingerprint density at radius 1 is 1.38 bits per heavy atom. The lowest BCUT2D eigenvalue weighted by Gasteiger charge is -2.23. The molecule has 8 heteroatoms. The van der Waals surface area contributed by atoms with E-state index in [1.165, 1.54) is 22.1 Å². The van der Waals surface area contributed by atoms with E-state index in [9.17, 15) is 18.3 Å². The largest absolute Gasteiger partial charge is 0.477 e. The van der Waals surface area contributed by atoms with Crippen LogP contribution in [-0.4, -0.2) is 31.0 Å². The number of carbonyl (C=O) groups is 1. The third-order valence-electron chi connectivity index (χ3n) is 2.90. The van der Waals surface area contributed by atoms with Crippen molar-refractivity contribution in [2.45, 2.75) is 18.7 Å². The van der Waals surface area contributed by atoms with Gasteiger partial charge in [0, 0.05) is 18.9 Å². The molecule has 0 aliphatic carbocycles. The van der Waals surface area contributed by atoms with Gasteiger partial charge in [-0.2, -0.15) is 0 Å². The molecule has 112 valence electrons. The molecule has 0 bridgehead atoms. The third kappa shape index (κ3) is 2.77. The molecular formula is C13H14N2O4S2. The van der Waals surface area contributed by atoms with Gasteiger partial charge in [-0.1, -0.05) is 0 Å². The molecule has 2 heterocycles. The van der Waals surface area contributed by atoms with Crippen molar-refractivity contribution in [1.82, 2.24) is 4.98 Å². The molecular weight excluding hydrogens is 312 g/mol. The summed E-state index contributed by atoms with van der Waals surface area (Å²) in [6.07, 6.45) is 2.98. The van der Waals surface area contributed by atoms with Crippen molar-refractivity contribution in [2.75, 3.05) is 10.8 Å². The molecule has 2 aromatic heterocycles. The van der Waals surface area contributed by atoms with Crippen LogP contribution >= 0.6 is 11.3 Å². The number of thiophene rings is 1. The van der Waals surface area contributed by atoms with E-state index in [1.807, 2.05) is 0 Å². The maximum Gasteiger partial charge on any atom is 0.347 e. The van der Waals surface area contributed by atoms with E-state index in [4.69, 9.17) is 0 Å². The number of rotatable bonds is 5. The number of aryl methyl sites for hydroxylation is 1. The van der Waals surface area contributed by atoms with Crippen LogP contribution in [0.2, 0.25) is 0 Å². The summed E-state index contributed by atoms with van der Waals surface area (Å²) in [4.78, 5) is 14.8. The maximum absolute atomic E-state index is 12.8. The lowest BCUT2D eigenvalue weighted by Crippen LogP contribution is -2.31. The van der Waals surface area contributed by atoms with Gasteiger partial charge < -0.3 is 5.11 Å². The molecule has 1 N–H and O–H groups in total. The smallest absolute Gasteiger partial charge is 0.347 e. The van der Waals surface area contributed by atoms with E-state index in [0.717, 1.165) is 11.3 Å². The number of pyridine rings is 1. The average molecular weight is 326 g/mol. The summed E-state index contributed by atoms with van der Waals surface area (Å²) < 4.78 is 26.8. The molecule has 0 aliphatic rings. The summed E-state index contributed by atoms with van der Waals surface area (Å²) in [5.41, 5.74) is 0.888. The Balaban J connectivity index is 2.61. The highest BCUT2D eigenvalue weighted by molar-refractivity contribution is 7.93. The first-order valence-corrected chi connectivity index (χ1v) is 8.45. The van der Waals surface area contributed by atoms with Gasteiger partial charge >= 0.3 is 5.97 Å². The van der Waals surface area contributed by atoms with Crippen LogP contribution in [0.5, 0.6) is 0 Å². The second-order valence-corrected chi connectivity index (χ2v) is 6.94. The van der Waals surface area contributed by atoms with Gasteiger partial charge in [0.25, 0.3) is 10.0 Å². The second-order valence-electron chi connectivity index (χ2n) is 4.26. The predicted octanol–water partition coefficient (Wildman–Crippen LogP) is 2.36. The number of carboxylic acid groups (broad SMARTS) is 1. The van der Waals surface area contributed by atoms with Gasteiger partial charge in [0.05, 0.1) is 5.69 Å². The number of aromatic carboxylic acids is 1. The monoisotopic (exact) mass is 326 g/mol. The molecule has 0 atom stereocenters. The highest BCUT2D eigenvalue weighted by Crippen LogP contribution is 2.31. The first kappa shape index (κ1) is 15.5. The molecule has 6 nitrogen and oxygen atoms in total. The second kappa shape index (κ2) is 5.82. The SMILES string of the molecule is CCN(c1ccncc1)S(=O)(=O)c1c(C)csc1C(=O)O. The molecule has 2 aromatic rings. The van der Waals surface area contributed by atoms with Gasteiger partial charge in [0.15, 0.2) is 0 Å². The van der Waals surface area contributed by atoms with Gasteiger partial charge in [0.2, 0.25) is 0 Å². The molecule has 0 fully saturated rings. The molecule has 2 rings (SSSR count). The zero-order valence-corrected chi connectivity index (χ0v) is 13.1. The molecule has 0 unspecified atom stereocenters. The van der Waals surface area contributed by atoms with Gasteiger partial charge in [-0.15, -0.1) is 11.3 Å². The number of anilines is 1. The summed E-state index contributed by atoms with van der Waals surface area (Å²) in [5.74, 6) is -1.24. The zero-order chi connectivity index (χ0) is 15.6. The van der Waals surface area contributed by atoms with Crippen LogP contribution in [0.1, 0.15) is 22.2 Å². The minimum atomic E-state index is -3.93. The van der Waals surface area contributed by atoms with Gasteiger partial charge in [0.1, 0.15) is 9.77 Å². The van der Waals surface area contributed by atoms with E-state index in [1.54, 1.807) is 26.0 Å². The Morgan fingerprint density at radius 3 is 2.52 bits per heavy atom. The van der Waals surface area contributed by atoms with E-state index in [2.05, 4.69) is 4.98 Å². The molecule has 0 spiro atoms. The zero-order valence-electron chi connectivity index (χ0n) is 11.5. The van der Waals surface area contributed by atoms with Crippen molar-refractivity contribution in [3.63, 3.8) is 0 Å². The number of nitrogens with zero attached hydrogens (tertiary/aromatic N) is 2. The summed E-state index contributed by atoms with van der Waals surface area (Å²) in [6.45, 7) is 3.48. The molecule has 0 amide bonds. The Kier molecular flexibility index (Phi) is 4.29. The Hall–Kier alpha value is -1.93. The maximum atomic E-state index is 12.8. The minimum Gasteiger partial charge on any atom is -0.477 e. The van der Waals surface area contributed by atoms with Crippen LogP contribution in [0.4, 0.5) is 5.69 Å². The Labute approximate surface area is 126 Å². The highest BCUT2D eigenvalue weighted by Gasteiger charge is 2.31. The van der Waals surface area contributed by atoms with E-state index < -0.39 is 16.0 Å². The molecule has 0 saturated carbocycles. The van der Waals surface area contributed by atoms with Crippen LogP contribution < -0.4 is 4.31 Å². The van der Waals surface area contributed by atoms with Crippen LogP contribution in [0.3, 0.4) is 0 Å². The first-order chi connectivity index (χ1) is 9.89. The van der Waals surface area contributed by atoms with Gasteiger partial charge in [-0.05, 0) is 36.9 Å². The van der Waals surface area contributed by atoms with Crippen molar-refractivity contribution in [1.29, 1.82) is 0 Å². The number of hydrogen-bond acceptors (Lipinski definition) is 5. The highest BCUT2D eigenvalue weighted by atomic mass is 32.2. The number of sulfonamides is 1. The third-order valence-corrected chi connectivity index (χ3v) is 6.20. The molecule has 0 aliphatic heterocycles. The van der Waals surface area contributed by atoms with E-state index in [0.29, 0.717) is 11.3 Å². The molecule has 21 heavy (non-hydrogen) atoms. The molecule has 0 aromatic carbocycles. The fraction of sp³-hybridized carbons (Fsp3) is 0.231. The normalized spacial score (nSPS) is 11.3. The van der Waals surface area contributed by atoms with Crippen LogP contribution in [0.25, 0.3) is 0 Å². The summed E-state index contributed by atoms with van der Waals surface area (Å²) in [7, 11) is -3.93. The van der Waals surface area contributed by atoms with Crippen molar-refractivity contribution in [3.05, 3.63) is 40.3 Å². The first-order valence-electron chi connectivity index (χ1n) is 6.13. The van der Waals surface area contributed by atoms with E-state index in [-0.39, 0.29) is 16.3 Å². The van der Waals surface area contributed by atoms with Crippen LogP contribution in [-0.2, 0) is 10.0 Å².